The van der Waals surface area contributed by atoms with Crippen LogP contribution in [0.5, 0.6) is 0 Å². The molecule has 13 heavy (non-hydrogen) atoms. The lowest BCUT2D eigenvalue weighted by Gasteiger charge is -2.24. The highest BCUT2D eigenvalue weighted by Crippen LogP contribution is 2.20. The van der Waals surface area contributed by atoms with Crippen LogP contribution in [0.1, 0.15) is 6.42 Å². The Kier molecular flexibility index (Phi) is 3.06. The molecular weight excluding hydrogens is 168 g/mol. The molecule has 0 radical (unpaired) electrons. The van der Waals surface area contributed by atoms with Gasteiger partial charge in [-0.2, -0.15) is 0 Å². The number of carbonyl (C=O) groups is 1. The molecule has 4 heteroatoms. The van der Waals surface area contributed by atoms with E-state index in [1.165, 1.54) is 0 Å². The van der Waals surface area contributed by atoms with Crippen molar-refractivity contribution in [2.75, 3.05) is 26.7 Å². The summed E-state index contributed by atoms with van der Waals surface area (Å²) in [6.07, 6.45) is 2.34. The fourth-order valence-electron chi connectivity index (χ4n) is 1.66. The van der Waals surface area contributed by atoms with Crippen LogP contribution in [0.4, 0.5) is 0 Å². The van der Waals surface area contributed by atoms with Crippen molar-refractivity contribution in [2.45, 2.75) is 12.0 Å². The fourth-order valence-corrected chi connectivity index (χ4v) is 1.66. The number of carboxylic acid groups (broad SMARTS) is 1. The Hall–Kier alpha value is -0.870. The molecule has 1 rings (SSSR count). The summed E-state index contributed by atoms with van der Waals surface area (Å²) in [5, 5.41) is 12.1. The average Bonchev–Trinajstić information content (AvgIpc) is 2.45. The molecule has 1 saturated heterocycles. The van der Waals surface area contributed by atoms with E-state index in [-0.39, 0.29) is 0 Å². The van der Waals surface area contributed by atoms with Crippen molar-refractivity contribution in [1.29, 1.82) is 0 Å². The zero-order valence-corrected chi connectivity index (χ0v) is 7.92. The Bertz CT molecular complexity index is 218. The minimum Gasteiger partial charge on any atom is -0.480 e. The van der Waals surface area contributed by atoms with E-state index in [4.69, 9.17) is 5.11 Å². The summed E-state index contributed by atoms with van der Waals surface area (Å²) in [6.45, 7) is 5.50. The molecule has 1 aliphatic heterocycles. The lowest BCUT2D eigenvalue weighted by atomic mass is 9.99. The summed E-state index contributed by atoms with van der Waals surface area (Å²) in [5.74, 6) is -0.765. The number of aliphatic carboxylic acids is 1. The first kappa shape index (κ1) is 10.2. The van der Waals surface area contributed by atoms with Gasteiger partial charge >= 0.3 is 5.97 Å². The van der Waals surface area contributed by atoms with Gasteiger partial charge in [-0.15, -0.1) is 6.58 Å². The van der Waals surface area contributed by atoms with Crippen LogP contribution in [-0.4, -0.2) is 48.2 Å². The van der Waals surface area contributed by atoms with Gasteiger partial charge in [0, 0.05) is 19.6 Å². The first-order chi connectivity index (χ1) is 6.10. The normalized spacial score (nSPS) is 29.0. The molecule has 0 bridgehead atoms. The number of nitrogens with one attached hydrogen (secondary N) is 1. The Morgan fingerprint density at radius 1 is 1.85 bits per heavy atom. The van der Waals surface area contributed by atoms with Gasteiger partial charge in [-0.25, -0.2) is 0 Å². The van der Waals surface area contributed by atoms with Crippen LogP contribution in [-0.2, 0) is 4.79 Å². The van der Waals surface area contributed by atoms with Crippen LogP contribution in [0, 0.1) is 0 Å². The van der Waals surface area contributed by atoms with Crippen LogP contribution >= 0.6 is 0 Å². The third-order valence-electron chi connectivity index (χ3n) is 2.45. The summed E-state index contributed by atoms with van der Waals surface area (Å²) in [7, 11) is 1.93. The van der Waals surface area contributed by atoms with Crippen molar-refractivity contribution >= 4 is 5.97 Å². The van der Waals surface area contributed by atoms with Gasteiger partial charge in [0.05, 0.1) is 0 Å². The topological polar surface area (TPSA) is 52.6 Å². The fraction of sp³-hybridized carbons (Fsp3) is 0.667. The van der Waals surface area contributed by atoms with Crippen LogP contribution in [0.15, 0.2) is 12.7 Å². The molecular formula is C9H16N2O2. The number of rotatable bonds is 4. The highest BCUT2D eigenvalue weighted by atomic mass is 16.4. The highest BCUT2D eigenvalue weighted by Gasteiger charge is 2.42. The number of likely N-dealkylation sites (N-methyl/N-ethyl adjacent to an activating group) is 1. The van der Waals surface area contributed by atoms with E-state index in [1.807, 2.05) is 11.9 Å². The summed E-state index contributed by atoms with van der Waals surface area (Å²) in [6, 6.07) is 0. The minimum absolute atomic E-state index is 0.542. The van der Waals surface area contributed by atoms with Gasteiger partial charge in [-0.05, 0) is 13.5 Å². The summed E-state index contributed by atoms with van der Waals surface area (Å²) >= 11 is 0. The quantitative estimate of drug-likeness (QED) is 0.600. The van der Waals surface area contributed by atoms with Gasteiger partial charge in [0.25, 0.3) is 0 Å². The van der Waals surface area contributed by atoms with E-state index in [0.29, 0.717) is 19.5 Å². The van der Waals surface area contributed by atoms with Gasteiger partial charge in [-0.1, -0.05) is 6.08 Å². The molecule has 1 aliphatic rings. The minimum atomic E-state index is -0.765. The molecule has 0 spiro atoms. The van der Waals surface area contributed by atoms with Crippen molar-refractivity contribution in [1.82, 2.24) is 10.2 Å². The number of hydrogen-bond donors (Lipinski definition) is 2. The molecule has 1 atom stereocenters. The number of hydrogen-bond acceptors (Lipinski definition) is 3. The first-order valence-electron chi connectivity index (χ1n) is 4.38. The van der Waals surface area contributed by atoms with E-state index in [0.717, 1.165) is 6.54 Å². The van der Waals surface area contributed by atoms with Gasteiger partial charge in [0.15, 0.2) is 0 Å². The number of carboxylic acids is 1. The monoisotopic (exact) mass is 184 g/mol. The maximum atomic E-state index is 11.1. The predicted molar refractivity (Wildman–Crippen MR) is 50.7 cm³/mol. The lowest BCUT2D eigenvalue weighted by molar-refractivity contribution is -0.144. The Morgan fingerprint density at radius 2 is 2.54 bits per heavy atom. The third-order valence-corrected chi connectivity index (χ3v) is 2.45. The molecule has 0 aliphatic carbocycles. The summed E-state index contributed by atoms with van der Waals surface area (Å²) in [4.78, 5) is 13.1. The molecule has 74 valence electrons. The smallest absolute Gasteiger partial charge is 0.325 e. The van der Waals surface area contributed by atoms with Crippen molar-refractivity contribution in [3.05, 3.63) is 12.7 Å². The van der Waals surface area contributed by atoms with Crippen LogP contribution in [0.25, 0.3) is 0 Å². The van der Waals surface area contributed by atoms with Gasteiger partial charge in [0.2, 0.25) is 0 Å². The van der Waals surface area contributed by atoms with E-state index in [9.17, 15) is 4.79 Å². The van der Waals surface area contributed by atoms with Crippen molar-refractivity contribution in [3.8, 4) is 0 Å². The molecule has 4 nitrogen and oxygen atoms in total. The Balaban J connectivity index is 2.65. The lowest BCUT2D eigenvalue weighted by Crippen LogP contribution is -2.53. The average molecular weight is 184 g/mol. The second-order valence-corrected chi connectivity index (χ2v) is 3.54. The standard InChI is InChI=1S/C9H16N2O2/c1-3-5-10-9(8(12)13)4-6-11(2)7-9/h3,10H,1,4-7H2,2H3,(H,12,13). The van der Waals surface area contributed by atoms with Gasteiger partial charge < -0.3 is 10.0 Å². The third kappa shape index (κ3) is 2.08. The summed E-state index contributed by atoms with van der Waals surface area (Å²) < 4.78 is 0. The van der Waals surface area contributed by atoms with Crippen molar-refractivity contribution in [2.24, 2.45) is 0 Å². The molecule has 0 aromatic carbocycles. The molecule has 0 saturated carbocycles. The number of nitrogens with zero attached hydrogens (tertiary/aromatic N) is 1. The predicted octanol–water partition coefficient (Wildman–Crippen LogP) is -0.0791. The number of likely N-dealkylation sites (tertiary alicyclic amines) is 1. The van der Waals surface area contributed by atoms with Crippen LogP contribution < -0.4 is 5.32 Å². The second-order valence-electron chi connectivity index (χ2n) is 3.54. The van der Waals surface area contributed by atoms with Gasteiger partial charge in [0.1, 0.15) is 5.54 Å². The molecule has 0 amide bonds. The zero-order chi connectivity index (χ0) is 9.90. The molecule has 0 aromatic rings. The largest absolute Gasteiger partial charge is 0.480 e. The van der Waals surface area contributed by atoms with Crippen molar-refractivity contribution < 1.29 is 9.90 Å². The van der Waals surface area contributed by atoms with E-state index < -0.39 is 11.5 Å². The molecule has 0 aromatic heterocycles. The van der Waals surface area contributed by atoms with Gasteiger partial charge in [-0.3, -0.25) is 10.1 Å². The molecule has 1 fully saturated rings. The highest BCUT2D eigenvalue weighted by molar-refractivity contribution is 5.79. The molecule has 1 heterocycles. The SMILES string of the molecule is C=CCNC1(C(=O)O)CCN(C)C1. The van der Waals surface area contributed by atoms with Crippen LogP contribution in [0.3, 0.4) is 0 Å². The second kappa shape index (κ2) is 3.89. The van der Waals surface area contributed by atoms with E-state index >= 15 is 0 Å². The maximum Gasteiger partial charge on any atom is 0.325 e. The maximum absolute atomic E-state index is 11.1. The van der Waals surface area contributed by atoms with Crippen LogP contribution in [0.2, 0.25) is 0 Å². The van der Waals surface area contributed by atoms with E-state index in [1.54, 1.807) is 6.08 Å². The Morgan fingerprint density at radius 3 is 2.92 bits per heavy atom. The first-order valence-corrected chi connectivity index (χ1v) is 4.38. The summed E-state index contributed by atoms with van der Waals surface area (Å²) in [5.41, 5.74) is -0.761. The molecule has 2 N–H and O–H groups in total. The zero-order valence-electron chi connectivity index (χ0n) is 7.92. The Labute approximate surface area is 78.2 Å². The van der Waals surface area contributed by atoms with E-state index in [2.05, 4.69) is 11.9 Å². The van der Waals surface area contributed by atoms with Crippen molar-refractivity contribution in [3.63, 3.8) is 0 Å². The molecule has 1 unspecified atom stereocenters.